The minimum absolute atomic E-state index is 0.0975. The van der Waals surface area contributed by atoms with Gasteiger partial charge in [0.1, 0.15) is 16.9 Å². The van der Waals surface area contributed by atoms with Crippen LogP contribution in [0.15, 0.2) is 23.2 Å². The van der Waals surface area contributed by atoms with Crippen LogP contribution in [0.1, 0.15) is 34.5 Å². The van der Waals surface area contributed by atoms with Crippen molar-refractivity contribution in [3.63, 3.8) is 0 Å². The number of hydrogen-bond acceptors (Lipinski definition) is 5. The maximum atomic E-state index is 12.0. The summed E-state index contributed by atoms with van der Waals surface area (Å²) in [6.45, 7) is 7.71. The molecule has 24 heavy (non-hydrogen) atoms. The first-order valence-electron chi connectivity index (χ1n) is 7.66. The zero-order chi connectivity index (χ0) is 17.7. The first-order chi connectivity index (χ1) is 11.4. The third kappa shape index (κ3) is 4.33. The molecule has 2 aromatic rings. The van der Waals surface area contributed by atoms with Crippen LogP contribution in [0.5, 0.6) is 0 Å². The van der Waals surface area contributed by atoms with Crippen LogP contribution in [0.3, 0.4) is 0 Å². The number of rotatable bonds is 5. The number of hydrogen-bond donors (Lipinski definition) is 1. The Labute approximate surface area is 146 Å². The number of aryl methyl sites for hydroxylation is 2. The lowest BCUT2D eigenvalue weighted by molar-refractivity contribution is -0.115. The van der Waals surface area contributed by atoms with Crippen molar-refractivity contribution < 1.29 is 4.79 Å². The molecule has 0 saturated carbocycles. The van der Waals surface area contributed by atoms with Gasteiger partial charge in [0, 0.05) is 23.6 Å². The van der Waals surface area contributed by atoms with Crippen LogP contribution < -0.4 is 5.32 Å². The smallest absolute Gasteiger partial charge is 0.226 e. The Kier molecular flexibility index (Phi) is 5.93. The Morgan fingerprint density at radius 1 is 1.21 bits per heavy atom. The molecule has 0 unspecified atom stereocenters. The molecule has 0 aromatic carbocycles. The Morgan fingerprint density at radius 2 is 1.96 bits per heavy atom. The van der Waals surface area contributed by atoms with Gasteiger partial charge in [-0.3, -0.25) is 4.79 Å². The van der Waals surface area contributed by atoms with E-state index >= 15 is 0 Å². The van der Waals surface area contributed by atoms with Crippen LogP contribution >= 0.6 is 11.8 Å². The van der Waals surface area contributed by atoms with E-state index in [-0.39, 0.29) is 5.91 Å². The second kappa shape index (κ2) is 7.93. The van der Waals surface area contributed by atoms with E-state index < -0.39 is 0 Å². The average Bonchev–Trinajstić information content (AvgIpc) is 2.53. The molecule has 2 aromatic heterocycles. The molecule has 1 amide bonds. The molecule has 2 heterocycles. The van der Waals surface area contributed by atoms with Crippen LogP contribution in [0.2, 0.25) is 0 Å². The van der Waals surface area contributed by atoms with E-state index in [1.54, 1.807) is 6.07 Å². The molecule has 2 rings (SSSR count). The molecule has 1 N–H and O–H groups in total. The topological polar surface area (TPSA) is 78.7 Å². The standard InChI is InChI=1S/C18H20N4OS/c1-11-6-5-7-16(20-11)22-17(23)8-9-24-18-15(10-19)13(3)12(2)14(4)21-18/h5-7H,8-9H2,1-4H3,(H,20,22,23). The molecule has 0 fully saturated rings. The van der Waals surface area contributed by atoms with Crippen LogP contribution in [-0.2, 0) is 4.79 Å². The summed E-state index contributed by atoms with van der Waals surface area (Å²) < 4.78 is 0. The average molecular weight is 340 g/mol. The van der Waals surface area contributed by atoms with Crippen LogP contribution in [0, 0.1) is 39.0 Å². The van der Waals surface area contributed by atoms with Crippen molar-refractivity contribution in [1.29, 1.82) is 5.26 Å². The quantitative estimate of drug-likeness (QED) is 0.840. The third-order valence-corrected chi connectivity index (χ3v) is 4.78. The predicted molar refractivity (Wildman–Crippen MR) is 96.1 cm³/mol. The highest BCUT2D eigenvalue weighted by molar-refractivity contribution is 7.99. The molecule has 0 atom stereocenters. The van der Waals surface area contributed by atoms with Gasteiger partial charge in [-0.05, 0) is 51.0 Å². The van der Waals surface area contributed by atoms with Gasteiger partial charge in [-0.15, -0.1) is 11.8 Å². The first kappa shape index (κ1) is 18.0. The lowest BCUT2D eigenvalue weighted by Crippen LogP contribution is -2.13. The number of anilines is 1. The molecule has 0 aliphatic carbocycles. The highest BCUT2D eigenvalue weighted by Crippen LogP contribution is 2.26. The van der Waals surface area contributed by atoms with E-state index in [9.17, 15) is 10.1 Å². The van der Waals surface area contributed by atoms with Crippen molar-refractivity contribution in [1.82, 2.24) is 9.97 Å². The lowest BCUT2D eigenvalue weighted by atomic mass is 10.1. The molecule has 124 valence electrons. The summed E-state index contributed by atoms with van der Waals surface area (Å²) in [6.07, 6.45) is 0.332. The lowest BCUT2D eigenvalue weighted by Gasteiger charge is -2.11. The molecule has 0 aliphatic rings. The maximum Gasteiger partial charge on any atom is 0.226 e. The first-order valence-corrected chi connectivity index (χ1v) is 8.65. The fourth-order valence-corrected chi connectivity index (χ4v) is 3.23. The number of nitrogens with zero attached hydrogens (tertiary/aromatic N) is 3. The minimum atomic E-state index is -0.0975. The summed E-state index contributed by atoms with van der Waals surface area (Å²) in [5, 5.41) is 12.8. The van der Waals surface area contributed by atoms with Gasteiger partial charge in [0.15, 0.2) is 0 Å². The molecule has 0 radical (unpaired) electrons. The zero-order valence-electron chi connectivity index (χ0n) is 14.3. The van der Waals surface area contributed by atoms with Gasteiger partial charge in [0.2, 0.25) is 5.91 Å². The molecular weight excluding hydrogens is 320 g/mol. The summed E-state index contributed by atoms with van der Waals surface area (Å²) >= 11 is 1.44. The number of amides is 1. The number of carbonyl (C=O) groups is 1. The summed E-state index contributed by atoms with van der Waals surface area (Å²) in [7, 11) is 0. The van der Waals surface area contributed by atoms with Gasteiger partial charge in [0.05, 0.1) is 5.56 Å². The van der Waals surface area contributed by atoms with Crippen LogP contribution in [0.25, 0.3) is 0 Å². The van der Waals surface area contributed by atoms with Crippen molar-refractivity contribution in [2.75, 3.05) is 11.1 Å². The number of nitrogens with one attached hydrogen (secondary N) is 1. The molecule has 6 heteroatoms. The largest absolute Gasteiger partial charge is 0.311 e. The highest BCUT2D eigenvalue weighted by Gasteiger charge is 2.13. The van der Waals surface area contributed by atoms with Gasteiger partial charge < -0.3 is 5.32 Å². The summed E-state index contributed by atoms with van der Waals surface area (Å²) in [5.74, 6) is 1.02. The van der Waals surface area contributed by atoms with E-state index in [1.807, 2.05) is 39.8 Å². The van der Waals surface area contributed by atoms with Crippen LogP contribution in [-0.4, -0.2) is 21.6 Å². The van der Waals surface area contributed by atoms with E-state index in [1.165, 1.54) is 11.8 Å². The van der Waals surface area contributed by atoms with E-state index in [4.69, 9.17) is 0 Å². The van der Waals surface area contributed by atoms with Gasteiger partial charge in [-0.2, -0.15) is 5.26 Å². The van der Waals surface area contributed by atoms with Crippen LogP contribution in [0.4, 0.5) is 5.82 Å². The number of nitriles is 1. The van der Waals surface area contributed by atoms with E-state index in [0.29, 0.717) is 28.6 Å². The fourth-order valence-electron chi connectivity index (χ4n) is 2.21. The van der Waals surface area contributed by atoms with Crippen molar-refractivity contribution in [2.45, 2.75) is 39.1 Å². The summed E-state index contributed by atoms with van der Waals surface area (Å²) in [5.41, 5.74) is 4.38. The molecule has 0 bridgehead atoms. The normalized spacial score (nSPS) is 10.3. The summed E-state index contributed by atoms with van der Waals surface area (Å²) in [4.78, 5) is 20.7. The van der Waals surface area contributed by atoms with Crippen molar-refractivity contribution in [3.8, 4) is 6.07 Å². The van der Waals surface area contributed by atoms with Crippen molar-refractivity contribution in [2.24, 2.45) is 0 Å². The van der Waals surface area contributed by atoms with E-state index in [0.717, 1.165) is 22.5 Å². The zero-order valence-corrected chi connectivity index (χ0v) is 15.1. The Hall–Kier alpha value is -2.39. The monoisotopic (exact) mass is 340 g/mol. The third-order valence-electron chi connectivity index (χ3n) is 3.80. The Balaban J connectivity index is 1.97. The minimum Gasteiger partial charge on any atom is -0.311 e. The predicted octanol–water partition coefficient (Wildman–Crippen LogP) is 3.70. The number of carbonyl (C=O) groups excluding carboxylic acids is 1. The van der Waals surface area contributed by atoms with E-state index in [2.05, 4.69) is 21.4 Å². The molecule has 0 aliphatic heterocycles. The SMILES string of the molecule is Cc1cccc(NC(=O)CCSc2nc(C)c(C)c(C)c2C#N)n1. The van der Waals surface area contributed by atoms with Gasteiger partial charge >= 0.3 is 0 Å². The number of thioether (sulfide) groups is 1. The summed E-state index contributed by atoms with van der Waals surface area (Å²) in [6, 6.07) is 7.72. The van der Waals surface area contributed by atoms with Gasteiger partial charge in [-0.1, -0.05) is 6.07 Å². The number of pyridine rings is 2. The fraction of sp³-hybridized carbons (Fsp3) is 0.333. The number of aromatic nitrogens is 2. The van der Waals surface area contributed by atoms with Crippen molar-refractivity contribution in [3.05, 3.63) is 46.3 Å². The van der Waals surface area contributed by atoms with Crippen molar-refractivity contribution >= 4 is 23.5 Å². The second-order valence-electron chi connectivity index (χ2n) is 5.55. The van der Waals surface area contributed by atoms with Gasteiger partial charge in [0.25, 0.3) is 0 Å². The Morgan fingerprint density at radius 3 is 2.62 bits per heavy atom. The highest BCUT2D eigenvalue weighted by atomic mass is 32.2. The second-order valence-corrected chi connectivity index (χ2v) is 6.63. The molecule has 0 saturated heterocycles. The Bertz CT molecular complexity index is 811. The molecular formula is C18H20N4OS. The molecule has 0 spiro atoms. The molecule has 5 nitrogen and oxygen atoms in total. The maximum absolute atomic E-state index is 12.0. The van der Waals surface area contributed by atoms with Gasteiger partial charge in [-0.25, -0.2) is 9.97 Å².